The Morgan fingerprint density at radius 3 is 2.43 bits per heavy atom. The number of para-hydroxylation sites is 1. The van der Waals surface area contributed by atoms with E-state index in [9.17, 15) is 13.6 Å². The third-order valence-corrected chi connectivity index (χ3v) is 3.09. The van der Waals surface area contributed by atoms with Gasteiger partial charge < -0.3 is 14.8 Å². The van der Waals surface area contributed by atoms with Gasteiger partial charge in [-0.3, -0.25) is 4.79 Å². The van der Waals surface area contributed by atoms with E-state index in [-0.39, 0.29) is 5.56 Å². The molecule has 0 aliphatic rings. The minimum atomic E-state index is -0.839. The Labute approximate surface area is 133 Å². The predicted molar refractivity (Wildman–Crippen MR) is 83.1 cm³/mol. The number of methoxy groups -OCH3 is 1. The second-order valence-electron chi connectivity index (χ2n) is 4.76. The Balaban J connectivity index is 2.25. The van der Waals surface area contributed by atoms with E-state index < -0.39 is 23.2 Å². The monoisotopic (exact) mass is 321 g/mol. The summed E-state index contributed by atoms with van der Waals surface area (Å²) >= 11 is 0. The van der Waals surface area contributed by atoms with Crippen LogP contribution in [0.3, 0.4) is 0 Å². The first-order valence-electron chi connectivity index (χ1n) is 7.13. The Bertz CT molecular complexity index is 684. The third-order valence-electron chi connectivity index (χ3n) is 3.09. The van der Waals surface area contributed by atoms with Crippen molar-refractivity contribution in [1.29, 1.82) is 0 Å². The number of hydrogen-bond acceptors (Lipinski definition) is 3. The average molecular weight is 321 g/mol. The van der Waals surface area contributed by atoms with Crippen molar-refractivity contribution in [2.24, 2.45) is 0 Å². The molecule has 2 aromatic rings. The van der Waals surface area contributed by atoms with Crippen LogP contribution >= 0.6 is 0 Å². The van der Waals surface area contributed by atoms with Crippen LogP contribution in [-0.2, 0) is 0 Å². The van der Waals surface area contributed by atoms with Crippen LogP contribution in [0, 0.1) is 11.6 Å². The maximum atomic E-state index is 13.6. The summed E-state index contributed by atoms with van der Waals surface area (Å²) in [5.41, 5.74) is -0.274. The molecule has 0 bridgehead atoms. The normalized spacial score (nSPS) is 10.3. The first-order chi connectivity index (χ1) is 11.1. The lowest BCUT2D eigenvalue weighted by molar-refractivity contribution is 0.102. The Kier molecular flexibility index (Phi) is 5.51. The summed E-state index contributed by atoms with van der Waals surface area (Å²) < 4.78 is 37.9. The standard InChI is InChI=1S/C17H17F2NO3/c1-3-9-23-15-10-11(7-8-14(15)22-2)17(21)20-16-12(18)5-4-6-13(16)19/h4-8,10H,3,9H2,1-2H3,(H,20,21). The molecule has 4 nitrogen and oxygen atoms in total. The van der Waals surface area contributed by atoms with E-state index in [1.807, 2.05) is 6.92 Å². The summed E-state index contributed by atoms with van der Waals surface area (Å²) in [7, 11) is 1.49. The van der Waals surface area contributed by atoms with Crippen LogP contribution in [0.15, 0.2) is 36.4 Å². The molecule has 1 amide bonds. The average Bonchev–Trinajstić information content (AvgIpc) is 2.56. The number of hydrogen-bond donors (Lipinski definition) is 1. The smallest absolute Gasteiger partial charge is 0.255 e. The summed E-state index contributed by atoms with van der Waals surface area (Å²) in [5, 5.41) is 2.23. The van der Waals surface area contributed by atoms with Crippen LogP contribution in [0.2, 0.25) is 0 Å². The molecule has 0 aromatic heterocycles. The number of anilines is 1. The fourth-order valence-electron chi connectivity index (χ4n) is 1.95. The fraction of sp³-hybridized carbons (Fsp3) is 0.235. The minimum absolute atomic E-state index is 0.208. The quantitative estimate of drug-likeness (QED) is 0.874. The van der Waals surface area contributed by atoms with E-state index in [0.717, 1.165) is 18.6 Å². The number of amides is 1. The number of carbonyl (C=O) groups is 1. The zero-order valence-electron chi connectivity index (χ0n) is 12.9. The van der Waals surface area contributed by atoms with Crippen molar-refractivity contribution in [2.75, 3.05) is 19.0 Å². The molecule has 0 radical (unpaired) electrons. The molecule has 2 aromatic carbocycles. The van der Waals surface area contributed by atoms with Crippen LogP contribution in [0.5, 0.6) is 11.5 Å². The van der Waals surface area contributed by atoms with E-state index in [0.29, 0.717) is 18.1 Å². The van der Waals surface area contributed by atoms with Gasteiger partial charge >= 0.3 is 0 Å². The molecule has 0 saturated heterocycles. The third kappa shape index (κ3) is 3.97. The summed E-state index contributed by atoms with van der Waals surface area (Å²) in [4.78, 5) is 12.2. The molecular formula is C17H17F2NO3. The van der Waals surface area contributed by atoms with Gasteiger partial charge in [-0.1, -0.05) is 13.0 Å². The number of benzene rings is 2. The lowest BCUT2D eigenvalue weighted by Crippen LogP contribution is -2.14. The van der Waals surface area contributed by atoms with Gasteiger partial charge in [-0.05, 0) is 36.8 Å². The molecule has 0 saturated carbocycles. The molecule has 0 fully saturated rings. The van der Waals surface area contributed by atoms with E-state index in [2.05, 4.69) is 5.32 Å². The molecule has 0 aliphatic heterocycles. The van der Waals surface area contributed by atoms with Crippen LogP contribution in [0.1, 0.15) is 23.7 Å². The van der Waals surface area contributed by atoms with Crippen molar-refractivity contribution in [3.05, 3.63) is 53.6 Å². The van der Waals surface area contributed by atoms with Crippen molar-refractivity contribution in [3.63, 3.8) is 0 Å². The van der Waals surface area contributed by atoms with E-state index >= 15 is 0 Å². The number of carbonyl (C=O) groups excluding carboxylic acids is 1. The van der Waals surface area contributed by atoms with Crippen molar-refractivity contribution in [2.45, 2.75) is 13.3 Å². The molecule has 0 spiro atoms. The van der Waals surface area contributed by atoms with Crippen LogP contribution in [0.25, 0.3) is 0 Å². The Morgan fingerprint density at radius 1 is 1.13 bits per heavy atom. The molecule has 0 aliphatic carbocycles. The highest BCUT2D eigenvalue weighted by Crippen LogP contribution is 2.29. The first-order valence-corrected chi connectivity index (χ1v) is 7.13. The molecular weight excluding hydrogens is 304 g/mol. The number of rotatable bonds is 6. The van der Waals surface area contributed by atoms with Gasteiger partial charge in [0.25, 0.3) is 5.91 Å². The zero-order chi connectivity index (χ0) is 16.8. The first kappa shape index (κ1) is 16.7. The molecule has 1 N–H and O–H groups in total. The fourth-order valence-corrected chi connectivity index (χ4v) is 1.95. The molecule has 0 heterocycles. The van der Waals surface area contributed by atoms with Gasteiger partial charge in [0.05, 0.1) is 13.7 Å². The van der Waals surface area contributed by atoms with Gasteiger partial charge in [-0.2, -0.15) is 0 Å². The van der Waals surface area contributed by atoms with Crippen LogP contribution in [0.4, 0.5) is 14.5 Å². The van der Waals surface area contributed by atoms with Gasteiger partial charge in [0, 0.05) is 5.56 Å². The SMILES string of the molecule is CCCOc1cc(C(=O)Nc2c(F)cccc2F)ccc1OC. The molecule has 23 heavy (non-hydrogen) atoms. The molecule has 0 unspecified atom stereocenters. The maximum absolute atomic E-state index is 13.6. The zero-order valence-corrected chi connectivity index (χ0v) is 12.9. The van der Waals surface area contributed by atoms with Crippen molar-refractivity contribution in [3.8, 4) is 11.5 Å². The van der Waals surface area contributed by atoms with Gasteiger partial charge in [-0.25, -0.2) is 8.78 Å². The van der Waals surface area contributed by atoms with Crippen molar-refractivity contribution >= 4 is 11.6 Å². The van der Waals surface area contributed by atoms with E-state index in [4.69, 9.17) is 9.47 Å². The number of halogens is 2. The van der Waals surface area contributed by atoms with Gasteiger partial charge in [0.15, 0.2) is 11.5 Å². The topological polar surface area (TPSA) is 47.6 Å². The number of nitrogens with one attached hydrogen (secondary N) is 1. The van der Waals surface area contributed by atoms with Crippen molar-refractivity contribution in [1.82, 2.24) is 0 Å². The summed E-state index contributed by atoms with van der Waals surface area (Å²) in [6.45, 7) is 2.41. The Morgan fingerprint density at radius 2 is 1.83 bits per heavy atom. The Hall–Kier alpha value is -2.63. The van der Waals surface area contributed by atoms with E-state index in [1.54, 1.807) is 6.07 Å². The molecule has 2 rings (SSSR count). The predicted octanol–water partition coefficient (Wildman–Crippen LogP) is 4.01. The summed E-state index contributed by atoms with van der Waals surface area (Å²) in [6, 6.07) is 7.90. The highest BCUT2D eigenvalue weighted by molar-refractivity contribution is 6.04. The van der Waals surface area contributed by atoms with Gasteiger partial charge in [0.1, 0.15) is 17.3 Å². The lowest BCUT2D eigenvalue weighted by Gasteiger charge is -2.12. The minimum Gasteiger partial charge on any atom is -0.493 e. The van der Waals surface area contributed by atoms with E-state index in [1.165, 1.54) is 25.3 Å². The maximum Gasteiger partial charge on any atom is 0.255 e. The molecule has 6 heteroatoms. The van der Waals surface area contributed by atoms with Crippen molar-refractivity contribution < 1.29 is 23.0 Å². The highest BCUT2D eigenvalue weighted by Gasteiger charge is 2.15. The summed E-state index contributed by atoms with van der Waals surface area (Å²) in [6.07, 6.45) is 0.792. The van der Waals surface area contributed by atoms with Crippen LogP contribution < -0.4 is 14.8 Å². The second-order valence-corrected chi connectivity index (χ2v) is 4.76. The largest absolute Gasteiger partial charge is 0.493 e. The highest BCUT2D eigenvalue weighted by atomic mass is 19.1. The second kappa shape index (κ2) is 7.58. The van der Waals surface area contributed by atoms with Crippen LogP contribution in [-0.4, -0.2) is 19.6 Å². The lowest BCUT2D eigenvalue weighted by atomic mass is 10.1. The summed E-state index contributed by atoms with van der Waals surface area (Å²) in [5.74, 6) is -1.44. The number of ether oxygens (including phenoxy) is 2. The van der Waals surface area contributed by atoms with Gasteiger partial charge in [-0.15, -0.1) is 0 Å². The van der Waals surface area contributed by atoms with Gasteiger partial charge in [0.2, 0.25) is 0 Å². The molecule has 122 valence electrons. The molecule has 0 atom stereocenters.